The van der Waals surface area contributed by atoms with Gasteiger partial charge in [-0.25, -0.2) is 4.98 Å². The van der Waals surface area contributed by atoms with Gasteiger partial charge in [-0.05, 0) is 37.8 Å². The van der Waals surface area contributed by atoms with Gasteiger partial charge in [0.1, 0.15) is 18.6 Å². The summed E-state index contributed by atoms with van der Waals surface area (Å²) in [6.07, 6.45) is 1.93. The predicted molar refractivity (Wildman–Crippen MR) is 104 cm³/mol. The highest BCUT2D eigenvalue weighted by atomic mass is 16.5. The molecular weight excluding hydrogens is 358 g/mol. The largest absolute Gasteiger partial charge is 0.379 e. The van der Waals surface area contributed by atoms with Crippen LogP contribution in [0.25, 0.3) is 10.9 Å². The van der Waals surface area contributed by atoms with Crippen molar-refractivity contribution in [2.24, 2.45) is 5.92 Å². The van der Waals surface area contributed by atoms with Gasteiger partial charge < -0.3 is 19.9 Å². The number of ether oxygens (including phenoxy) is 1. The minimum atomic E-state index is -0.820. The number of hydrogen-bond donors (Lipinski definition) is 3. The molecule has 8 heteroatoms. The Hall–Kier alpha value is -2.76. The summed E-state index contributed by atoms with van der Waals surface area (Å²) >= 11 is 0. The Morgan fingerprint density at radius 2 is 2.21 bits per heavy atom. The summed E-state index contributed by atoms with van der Waals surface area (Å²) in [5.74, 6) is 0.556. The number of benzene rings is 1. The normalized spacial score (nSPS) is 16.9. The fraction of sp³-hybridized carbons (Fsp3) is 0.500. The standard InChI is InChI=1S/C20H25N5O3/c1-20(13-21,14-7-8-14)24-18(26)12-25(9-10-28-2)11-17-22-16-6-4-3-5-15(16)19(27)23-17/h3-6,14H,7-12H2,1-2H3,(H,24,26)(H,22,23,27)/p+1/t20-/m1/s1. The average Bonchev–Trinajstić information content (AvgIpc) is 3.52. The monoisotopic (exact) mass is 384 g/mol. The van der Waals surface area contributed by atoms with Gasteiger partial charge in [-0.2, -0.15) is 5.26 Å². The van der Waals surface area contributed by atoms with Gasteiger partial charge in [0.25, 0.3) is 11.5 Å². The quantitative estimate of drug-likeness (QED) is 0.553. The molecule has 2 aromatic rings. The highest BCUT2D eigenvalue weighted by Gasteiger charge is 2.43. The van der Waals surface area contributed by atoms with Crippen LogP contribution in [-0.2, 0) is 16.1 Å². The number of quaternary nitrogens is 1. The maximum Gasteiger partial charge on any atom is 0.276 e. The molecule has 1 heterocycles. The van der Waals surface area contributed by atoms with Crippen molar-refractivity contribution in [2.45, 2.75) is 31.8 Å². The number of fused-ring (bicyclic) bond motifs is 1. The Kier molecular flexibility index (Phi) is 6.07. The molecule has 0 aliphatic heterocycles. The molecule has 1 unspecified atom stereocenters. The molecular formula is C20H26N5O3+. The zero-order valence-corrected chi connectivity index (χ0v) is 16.2. The number of nitrogens with one attached hydrogen (secondary N) is 3. The van der Waals surface area contributed by atoms with E-state index in [4.69, 9.17) is 4.74 Å². The maximum absolute atomic E-state index is 12.6. The van der Waals surface area contributed by atoms with E-state index < -0.39 is 5.54 Å². The molecule has 1 aromatic heterocycles. The van der Waals surface area contributed by atoms with E-state index in [1.807, 2.05) is 6.07 Å². The summed E-state index contributed by atoms with van der Waals surface area (Å²) in [4.78, 5) is 33.1. The Morgan fingerprint density at radius 1 is 1.46 bits per heavy atom. The van der Waals surface area contributed by atoms with Crippen molar-refractivity contribution in [3.8, 4) is 6.07 Å². The van der Waals surface area contributed by atoms with Crippen molar-refractivity contribution in [1.82, 2.24) is 15.3 Å². The molecule has 1 amide bonds. The van der Waals surface area contributed by atoms with Crippen LogP contribution >= 0.6 is 0 Å². The van der Waals surface area contributed by atoms with Crippen LogP contribution in [0.1, 0.15) is 25.6 Å². The van der Waals surface area contributed by atoms with Gasteiger partial charge in [-0.3, -0.25) is 9.59 Å². The second-order valence-corrected chi connectivity index (χ2v) is 7.51. The third-order valence-corrected chi connectivity index (χ3v) is 5.17. The Labute approximate surface area is 163 Å². The number of nitriles is 1. The van der Waals surface area contributed by atoms with Crippen molar-refractivity contribution in [3.05, 3.63) is 40.4 Å². The number of rotatable bonds is 9. The summed E-state index contributed by atoms with van der Waals surface area (Å²) in [6.45, 7) is 3.37. The van der Waals surface area contributed by atoms with Crippen molar-refractivity contribution in [3.63, 3.8) is 0 Å². The number of para-hydroxylation sites is 1. The topological polar surface area (TPSA) is 112 Å². The summed E-state index contributed by atoms with van der Waals surface area (Å²) in [7, 11) is 1.60. The average molecular weight is 384 g/mol. The van der Waals surface area contributed by atoms with Crippen LogP contribution in [0.5, 0.6) is 0 Å². The molecule has 0 saturated heterocycles. The van der Waals surface area contributed by atoms with Gasteiger partial charge in [0.15, 0.2) is 12.4 Å². The van der Waals surface area contributed by atoms with Gasteiger partial charge in [0.2, 0.25) is 0 Å². The molecule has 3 N–H and O–H groups in total. The van der Waals surface area contributed by atoms with E-state index >= 15 is 0 Å². The van der Waals surface area contributed by atoms with Crippen LogP contribution in [0.15, 0.2) is 29.1 Å². The van der Waals surface area contributed by atoms with Crippen LogP contribution in [-0.4, -0.2) is 48.2 Å². The fourth-order valence-corrected chi connectivity index (χ4v) is 3.38. The zero-order valence-electron chi connectivity index (χ0n) is 16.2. The number of H-pyrrole nitrogens is 1. The summed E-state index contributed by atoms with van der Waals surface area (Å²) in [6, 6.07) is 9.40. The summed E-state index contributed by atoms with van der Waals surface area (Å²) in [5, 5.41) is 12.9. The van der Waals surface area contributed by atoms with E-state index in [0.717, 1.165) is 17.7 Å². The van der Waals surface area contributed by atoms with E-state index in [0.29, 0.717) is 36.4 Å². The first-order chi connectivity index (χ1) is 13.4. The lowest BCUT2D eigenvalue weighted by atomic mass is 9.98. The second kappa shape index (κ2) is 8.50. The van der Waals surface area contributed by atoms with Crippen LogP contribution in [0, 0.1) is 17.2 Å². The summed E-state index contributed by atoms with van der Waals surface area (Å²) < 4.78 is 5.16. The van der Waals surface area contributed by atoms with Gasteiger partial charge in [0, 0.05) is 7.11 Å². The molecule has 8 nitrogen and oxygen atoms in total. The van der Waals surface area contributed by atoms with Crippen LogP contribution in [0.2, 0.25) is 0 Å². The Balaban J connectivity index is 1.72. The van der Waals surface area contributed by atoms with Crippen LogP contribution < -0.4 is 15.8 Å². The van der Waals surface area contributed by atoms with E-state index in [2.05, 4.69) is 21.4 Å². The number of amides is 1. The number of hydrogen-bond acceptors (Lipinski definition) is 5. The molecule has 1 fully saturated rings. The van der Waals surface area contributed by atoms with E-state index in [9.17, 15) is 14.9 Å². The predicted octanol–water partition coefficient (Wildman–Crippen LogP) is -0.237. The van der Waals surface area contributed by atoms with Crippen molar-refractivity contribution in [1.29, 1.82) is 5.26 Å². The molecule has 0 radical (unpaired) electrons. The van der Waals surface area contributed by atoms with Gasteiger partial charge >= 0.3 is 0 Å². The number of aromatic amines is 1. The zero-order chi connectivity index (χ0) is 20.1. The highest BCUT2D eigenvalue weighted by Crippen LogP contribution is 2.39. The first kappa shape index (κ1) is 20.0. The van der Waals surface area contributed by atoms with Crippen molar-refractivity contribution in [2.75, 3.05) is 26.8 Å². The lowest BCUT2D eigenvalue weighted by Gasteiger charge is -2.25. The molecule has 1 aromatic carbocycles. The number of methoxy groups -OCH3 is 1. The minimum absolute atomic E-state index is 0.171. The molecule has 28 heavy (non-hydrogen) atoms. The molecule has 0 spiro atoms. The number of carbonyl (C=O) groups excluding carboxylic acids is 1. The van der Waals surface area contributed by atoms with Crippen molar-refractivity contribution >= 4 is 16.8 Å². The fourth-order valence-electron chi connectivity index (χ4n) is 3.38. The molecule has 1 saturated carbocycles. The highest BCUT2D eigenvalue weighted by molar-refractivity contribution is 5.78. The van der Waals surface area contributed by atoms with Crippen LogP contribution in [0.3, 0.4) is 0 Å². The lowest BCUT2D eigenvalue weighted by Crippen LogP contribution is -3.12. The van der Waals surface area contributed by atoms with Crippen molar-refractivity contribution < 1.29 is 14.4 Å². The second-order valence-electron chi connectivity index (χ2n) is 7.51. The van der Waals surface area contributed by atoms with Gasteiger partial charge in [0.05, 0.1) is 23.6 Å². The minimum Gasteiger partial charge on any atom is -0.379 e. The Bertz CT molecular complexity index is 947. The first-order valence-corrected chi connectivity index (χ1v) is 9.48. The van der Waals surface area contributed by atoms with E-state index in [1.54, 1.807) is 32.2 Å². The molecule has 1 aliphatic carbocycles. The first-order valence-electron chi connectivity index (χ1n) is 9.48. The third kappa shape index (κ3) is 4.74. The molecule has 2 atom stereocenters. The van der Waals surface area contributed by atoms with Gasteiger partial charge in [-0.1, -0.05) is 12.1 Å². The SMILES string of the molecule is COCC[NH+](CC(=O)N[C@](C)(C#N)C1CC1)Cc1nc2ccccc2c(=O)[nH]1. The third-order valence-electron chi connectivity index (χ3n) is 5.17. The maximum atomic E-state index is 12.6. The lowest BCUT2D eigenvalue weighted by molar-refractivity contribution is -0.906. The Morgan fingerprint density at radius 3 is 2.89 bits per heavy atom. The molecule has 0 bridgehead atoms. The number of carbonyl (C=O) groups is 1. The smallest absolute Gasteiger partial charge is 0.276 e. The van der Waals surface area contributed by atoms with Gasteiger partial charge in [-0.15, -0.1) is 0 Å². The number of nitrogens with zero attached hydrogens (tertiary/aromatic N) is 2. The van der Waals surface area contributed by atoms with E-state index in [1.165, 1.54) is 0 Å². The molecule has 1 aliphatic rings. The van der Waals surface area contributed by atoms with E-state index in [-0.39, 0.29) is 23.9 Å². The van der Waals surface area contributed by atoms with Crippen LogP contribution in [0.4, 0.5) is 0 Å². The summed E-state index contributed by atoms with van der Waals surface area (Å²) in [5.41, 5.74) is -0.386. The number of aromatic nitrogens is 2. The molecule has 148 valence electrons. The molecule has 3 rings (SSSR count).